The Bertz CT molecular complexity index is 331. The van der Waals surface area contributed by atoms with Crippen LogP contribution >= 0.6 is 12.2 Å². The van der Waals surface area contributed by atoms with Gasteiger partial charge in [0.1, 0.15) is 5.75 Å². The van der Waals surface area contributed by atoms with Gasteiger partial charge in [-0.2, -0.15) is 0 Å². The molecular formula is C9H11F3N2OS. The van der Waals surface area contributed by atoms with E-state index in [4.69, 9.17) is 0 Å². The molecule has 0 spiro atoms. The Labute approximate surface area is 96.4 Å². The molecule has 1 aromatic rings. The molecule has 1 rings (SSSR count). The van der Waals surface area contributed by atoms with E-state index in [1.807, 2.05) is 0 Å². The molecule has 0 bridgehead atoms. The number of nitrogens with one attached hydrogen (secondary N) is 1. The molecule has 0 aliphatic carbocycles. The first-order valence-electron chi connectivity index (χ1n) is 4.15. The van der Waals surface area contributed by atoms with E-state index in [0.29, 0.717) is 5.69 Å². The predicted molar refractivity (Wildman–Crippen MR) is 60.5 cm³/mol. The molecule has 0 aliphatic rings. The Balaban J connectivity index is 0.00000106. The van der Waals surface area contributed by atoms with Crippen LogP contribution in [0.1, 0.15) is 0 Å². The number of ether oxygens (including phenoxy) is 1. The SMILES string of the molecule is CN.FC(F)(F)Oc1cccc(NC=S)c1. The summed E-state index contributed by atoms with van der Waals surface area (Å²) in [4.78, 5) is 0. The first kappa shape index (κ1) is 14.7. The Hall–Kier alpha value is -1.34. The van der Waals surface area contributed by atoms with E-state index < -0.39 is 6.36 Å². The van der Waals surface area contributed by atoms with Crippen molar-refractivity contribution in [1.82, 2.24) is 0 Å². The van der Waals surface area contributed by atoms with Gasteiger partial charge in [0.15, 0.2) is 0 Å². The normalized spacial score (nSPS) is 9.81. The number of thiocarbonyl (C=S) groups is 1. The van der Waals surface area contributed by atoms with Crippen molar-refractivity contribution < 1.29 is 17.9 Å². The molecule has 0 aromatic heterocycles. The van der Waals surface area contributed by atoms with Crippen LogP contribution in [0.4, 0.5) is 18.9 Å². The molecule has 0 amide bonds. The number of rotatable bonds is 3. The Morgan fingerprint density at radius 1 is 1.38 bits per heavy atom. The van der Waals surface area contributed by atoms with E-state index in [1.165, 1.54) is 30.7 Å². The summed E-state index contributed by atoms with van der Waals surface area (Å²) < 4.78 is 39.1. The number of anilines is 1. The van der Waals surface area contributed by atoms with Crippen LogP contribution in [-0.2, 0) is 0 Å². The second-order valence-electron chi connectivity index (χ2n) is 2.34. The minimum atomic E-state index is -4.67. The summed E-state index contributed by atoms with van der Waals surface area (Å²) >= 11 is 4.49. The van der Waals surface area contributed by atoms with Gasteiger partial charge in [0.05, 0.1) is 5.49 Å². The molecule has 3 N–H and O–H groups in total. The summed E-state index contributed by atoms with van der Waals surface area (Å²) in [5, 5.41) is 2.58. The van der Waals surface area contributed by atoms with Gasteiger partial charge in [-0.15, -0.1) is 13.2 Å². The van der Waals surface area contributed by atoms with Gasteiger partial charge < -0.3 is 15.8 Å². The number of alkyl halides is 3. The van der Waals surface area contributed by atoms with Gasteiger partial charge in [0, 0.05) is 11.8 Å². The minimum Gasteiger partial charge on any atom is -0.406 e. The molecule has 3 nitrogen and oxygen atoms in total. The van der Waals surface area contributed by atoms with E-state index in [2.05, 4.69) is 28.0 Å². The molecule has 16 heavy (non-hydrogen) atoms. The Morgan fingerprint density at radius 2 is 2.00 bits per heavy atom. The monoisotopic (exact) mass is 252 g/mol. The maximum absolute atomic E-state index is 11.8. The molecule has 90 valence electrons. The van der Waals surface area contributed by atoms with Crippen molar-refractivity contribution in [2.75, 3.05) is 12.4 Å². The third-order valence-electron chi connectivity index (χ3n) is 1.29. The molecule has 0 saturated carbocycles. The topological polar surface area (TPSA) is 47.3 Å². The smallest absolute Gasteiger partial charge is 0.406 e. The lowest BCUT2D eigenvalue weighted by atomic mass is 10.3. The molecule has 0 radical (unpaired) electrons. The summed E-state index contributed by atoms with van der Waals surface area (Å²) in [6.45, 7) is 0. The van der Waals surface area contributed by atoms with Gasteiger partial charge in [-0.1, -0.05) is 18.3 Å². The zero-order valence-electron chi connectivity index (χ0n) is 8.41. The highest BCUT2D eigenvalue weighted by Crippen LogP contribution is 2.24. The quantitative estimate of drug-likeness (QED) is 0.811. The zero-order valence-corrected chi connectivity index (χ0v) is 9.23. The highest BCUT2D eigenvalue weighted by molar-refractivity contribution is 7.79. The van der Waals surface area contributed by atoms with Crippen molar-refractivity contribution in [1.29, 1.82) is 0 Å². The third kappa shape index (κ3) is 6.20. The fraction of sp³-hybridized carbons (Fsp3) is 0.222. The molecule has 0 fully saturated rings. The maximum atomic E-state index is 11.8. The predicted octanol–water partition coefficient (Wildman–Crippen LogP) is 2.53. The molecule has 0 aliphatic heterocycles. The largest absolute Gasteiger partial charge is 0.573 e. The number of hydrogen-bond donors (Lipinski definition) is 2. The first-order valence-corrected chi connectivity index (χ1v) is 4.62. The highest BCUT2D eigenvalue weighted by atomic mass is 32.1. The molecule has 0 heterocycles. The second-order valence-corrected chi connectivity index (χ2v) is 2.57. The van der Waals surface area contributed by atoms with Gasteiger partial charge >= 0.3 is 6.36 Å². The van der Waals surface area contributed by atoms with E-state index >= 15 is 0 Å². The molecule has 7 heteroatoms. The fourth-order valence-corrected chi connectivity index (χ4v) is 0.987. The Morgan fingerprint density at radius 3 is 2.50 bits per heavy atom. The van der Waals surface area contributed by atoms with E-state index in [9.17, 15) is 13.2 Å². The maximum Gasteiger partial charge on any atom is 0.573 e. The van der Waals surface area contributed by atoms with E-state index in [1.54, 1.807) is 6.07 Å². The Kier molecular flexibility index (Phi) is 6.43. The van der Waals surface area contributed by atoms with Crippen LogP contribution in [0.5, 0.6) is 5.75 Å². The van der Waals surface area contributed by atoms with Crippen LogP contribution in [0.15, 0.2) is 24.3 Å². The van der Waals surface area contributed by atoms with Gasteiger partial charge in [-0.25, -0.2) is 0 Å². The molecule has 1 aromatic carbocycles. The average Bonchev–Trinajstić information content (AvgIpc) is 2.19. The second kappa shape index (κ2) is 7.02. The van der Waals surface area contributed by atoms with Crippen molar-refractivity contribution in [3.8, 4) is 5.75 Å². The van der Waals surface area contributed by atoms with Crippen molar-refractivity contribution in [2.24, 2.45) is 5.73 Å². The summed E-state index contributed by atoms with van der Waals surface area (Å²) in [5.41, 5.74) is 6.15. The summed E-state index contributed by atoms with van der Waals surface area (Å²) in [6, 6.07) is 5.42. The first-order chi connectivity index (χ1) is 7.51. The van der Waals surface area contributed by atoms with Crippen LogP contribution < -0.4 is 15.8 Å². The van der Waals surface area contributed by atoms with Crippen LogP contribution in [0.25, 0.3) is 0 Å². The van der Waals surface area contributed by atoms with Gasteiger partial charge in [0.2, 0.25) is 0 Å². The number of nitrogens with two attached hydrogens (primary N) is 1. The van der Waals surface area contributed by atoms with Crippen molar-refractivity contribution in [2.45, 2.75) is 6.36 Å². The van der Waals surface area contributed by atoms with E-state index in [-0.39, 0.29) is 5.75 Å². The number of halogens is 3. The number of hydrogen-bond acceptors (Lipinski definition) is 3. The van der Waals surface area contributed by atoms with E-state index in [0.717, 1.165) is 0 Å². The van der Waals surface area contributed by atoms with Crippen molar-refractivity contribution in [3.05, 3.63) is 24.3 Å². The lowest BCUT2D eigenvalue weighted by Gasteiger charge is -2.09. The number of benzene rings is 1. The zero-order chi connectivity index (χ0) is 12.6. The molecular weight excluding hydrogens is 241 g/mol. The average molecular weight is 252 g/mol. The van der Waals surface area contributed by atoms with Crippen molar-refractivity contribution >= 4 is 23.4 Å². The fourth-order valence-electron chi connectivity index (χ4n) is 0.851. The lowest BCUT2D eigenvalue weighted by molar-refractivity contribution is -0.274. The highest BCUT2D eigenvalue weighted by Gasteiger charge is 2.31. The standard InChI is InChI=1S/C8H6F3NOS.CH5N/c9-8(10,11)13-7-3-1-2-6(4-7)12-5-14;1-2/h1-5H,(H,12,14);2H2,1H3. The molecule has 0 saturated heterocycles. The third-order valence-corrected chi connectivity index (χ3v) is 1.41. The van der Waals surface area contributed by atoms with Crippen LogP contribution in [0, 0.1) is 0 Å². The summed E-state index contributed by atoms with van der Waals surface area (Å²) in [6.07, 6.45) is -4.67. The van der Waals surface area contributed by atoms with Gasteiger partial charge in [-0.05, 0) is 19.2 Å². The van der Waals surface area contributed by atoms with Gasteiger partial charge in [-0.3, -0.25) is 0 Å². The van der Waals surface area contributed by atoms with Gasteiger partial charge in [0.25, 0.3) is 0 Å². The minimum absolute atomic E-state index is 0.278. The molecule has 0 unspecified atom stereocenters. The lowest BCUT2D eigenvalue weighted by Crippen LogP contribution is -2.17. The van der Waals surface area contributed by atoms with Crippen LogP contribution in [-0.4, -0.2) is 18.9 Å². The summed E-state index contributed by atoms with van der Waals surface area (Å²) in [7, 11) is 1.50. The van der Waals surface area contributed by atoms with Crippen LogP contribution in [0.3, 0.4) is 0 Å². The van der Waals surface area contributed by atoms with Crippen LogP contribution in [0.2, 0.25) is 0 Å². The van der Waals surface area contributed by atoms with Crippen molar-refractivity contribution in [3.63, 3.8) is 0 Å². The molecule has 0 atom stereocenters. The summed E-state index contributed by atoms with van der Waals surface area (Å²) in [5.74, 6) is -0.278.